The summed E-state index contributed by atoms with van der Waals surface area (Å²) < 4.78 is 5.32. The molecule has 6 N–H and O–H groups in total. The predicted octanol–water partition coefficient (Wildman–Crippen LogP) is 0.551. The van der Waals surface area contributed by atoms with E-state index in [1.54, 1.807) is 0 Å². The summed E-state index contributed by atoms with van der Waals surface area (Å²) in [6.07, 6.45) is 0.739. The number of carbonyl (C=O) groups is 1. The molecule has 9 nitrogen and oxygen atoms in total. The molecular formula is C16H21N7O2. The first-order valence-electron chi connectivity index (χ1n) is 8.01. The molecule has 2 aromatic rings. The predicted molar refractivity (Wildman–Crippen MR) is 93.6 cm³/mol. The van der Waals surface area contributed by atoms with E-state index >= 15 is 0 Å². The fraction of sp³-hybridized carbons (Fsp3) is 0.375. The van der Waals surface area contributed by atoms with Gasteiger partial charge in [-0.05, 0) is 25.5 Å². The molecule has 0 aliphatic carbocycles. The molecule has 1 fully saturated rings. The van der Waals surface area contributed by atoms with Gasteiger partial charge < -0.3 is 26.8 Å². The fourth-order valence-corrected chi connectivity index (χ4v) is 2.52. The van der Waals surface area contributed by atoms with E-state index in [0.29, 0.717) is 13.2 Å². The first-order chi connectivity index (χ1) is 12.0. The highest BCUT2D eigenvalue weighted by atomic mass is 16.5. The molecule has 9 heteroatoms. The third-order valence-electron chi connectivity index (χ3n) is 3.95. The molecule has 0 unspecified atom stereocenters. The van der Waals surface area contributed by atoms with Crippen LogP contribution in [0.25, 0.3) is 0 Å². The fourth-order valence-electron chi connectivity index (χ4n) is 2.52. The highest BCUT2D eigenvalue weighted by Crippen LogP contribution is 2.19. The molecule has 2 heterocycles. The molecule has 132 valence electrons. The molecule has 0 saturated carbocycles. The van der Waals surface area contributed by atoms with Crippen molar-refractivity contribution < 1.29 is 9.53 Å². The Balaban J connectivity index is 1.83. The first-order valence-corrected chi connectivity index (χ1v) is 8.01. The summed E-state index contributed by atoms with van der Waals surface area (Å²) in [6, 6.07) is 7.46. The number of anilines is 3. The maximum absolute atomic E-state index is 11.6. The molecule has 1 amide bonds. The molecule has 0 radical (unpaired) electrons. The maximum atomic E-state index is 11.6. The van der Waals surface area contributed by atoms with Gasteiger partial charge in [0.2, 0.25) is 5.95 Å². The van der Waals surface area contributed by atoms with E-state index in [1.807, 2.05) is 31.2 Å². The third kappa shape index (κ3) is 4.20. The minimum absolute atomic E-state index is 0.0256. The number of nitrogens with one attached hydrogen (secondary N) is 2. The van der Waals surface area contributed by atoms with E-state index < -0.39 is 5.91 Å². The number of aromatic nitrogens is 3. The molecule has 0 spiro atoms. The highest BCUT2D eigenvalue weighted by Gasteiger charge is 2.24. The van der Waals surface area contributed by atoms with Crippen molar-refractivity contribution in [2.75, 3.05) is 23.8 Å². The number of nitrogens with zero attached hydrogens (tertiary/aromatic N) is 3. The van der Waals surface area contributed by atoms with Gasteiger partial charge in [0.15, 0.2) is 11.5 Å². The monoisotopic (exact) mass is 343 g/mol. The normalized spacial score (nSPS) is 20.1. The summed E-state index contributed by atoms with van der Waals surface area (Å²) in [7, 11) is 0. The number of rotatable bonds is 5. The van der Waals surface area contributed by atoms with Gasteiger partial charge in [-0.15, -0.1) is 10.2 Å². The summed E-state index contributed by atoms with van der Waals surface area (Å²) in [6.45, 7) is 3.08. The van der Waals surface area contributed by atoms with E-state index in [9.17, 15) is 4.79 Å². The Morgan fingerprint density at radius 2 is 2.04 bits per heavy atom. The van der Waals surface area contributed by atoms with Crippen LogP contribution >= 0.6 is 0 Å². The zero-order valence-corrected chi connectivity index (χ0v) is 13.9. The quantitative estimate of drug-likeness (QED) is 0.617. The van der Waals surface area contributed by atoms with E-state index in [2.05, 4.69) is 25.8 Å². The molecular weight excluding hydrogens is 322 g/mol. The van der Waals surface area contributed by atoms with Gasteiger partial charge in [-0.25, -0.2) is 0 Å². The van der Waals surface area contributed by atoms with Crippen LogP contribution in [0.15, 0.2) is 24.3 Å². The second kappa shape index (κ2) is 7.41. The van der Waals surface area contributed by atoms with Gasteiger partial charge >= 0.3 is 0 Å². The van der Waals surface area contributed by atoms with Gasteiger partial charge in [-0.3, -0.25) is 4.79 Å². The Kier molecular flexibility index (Phi) is 5.05. The van der Waals surface area contributed by atoms with Gasteiger partial charge in [0, 0.05) is 24.4 Å². The summed E-state index contributed by atoms with van der Waals surface area (Å²) >= 11 is 0. The SMILES string of the molecule is Cc1ccc(Nc2nc(N[C@@H]3CCOC[C@@H]3N)nnc2C(N)=O)cc1. The van der Waals surface area contributed by atoms with Crippen LogP contribution in [0.1, 0.15) is 22.5 Å². The van der Waals surface area contributed by atoms with E-state index in [4.69, 9.17) is 16.2 Å². The van der Waals surface area contributed by atoms with Crippen LogP contribution in [0.5, 0.6) is 0 Å². The lowest BCUT2D eigenvalue weighted by atomic mass is 10.1. The molecule has 1 saturated heterocycles. The lowest BCUT2D eigenvalue weighted by Crippen LogP contribution is -2.48. The Labute approximate surface area is 145 Å². The van der Waals surface area contributed by atoms with Crippen molar-refractivity contribution in [1.29, 1.82) is 0 Å². The number of hydrogen-bond acceptors (Lipinski definition) is 8. The third-order valence-corrected chi connectivity index (χ3v) is 3.95. The number of ether oxygens (including phenoxy) is 1. The number of nitrogens with two attached hydrogens (primary N) is 2. The Morgan fingerprint density at radius 1 is 1.28 bits per heavy atom. The Hall–Kier alpha value is -2.78. The molecule has 1 aromatic heterocycles. The van der Waals surface area contributed by atoms with Crippen molar-refractivity contribution in [3.8, 4) is 0 Å². The van der Waals surface area contributed by atoms with E-state index in [0.717, 1.165) is 17.7 Å². The maximum Gasteiger partial charge on any atom is 0.273 e. The zero-order chi connectivity index (χ0) is 17.8. The molecule has 2 atom stereocenters. The molecule has 1 aliphatic heterocycles. The van der Waals surface area contributed by atoms with Gasteiger partial charge in [-0.1, -0.05) is 17.7 Å². The lowest BCUT2D eigenvalue weighted by Gasteiger charge is -2.29. The minimum Gasteiger partial charge on any atom is -0.380 e. The van der Waals surface area contributed by atoms with Crippen molar-refractivity contribution >= 4 is 23.4 Å². The molecule has 3 rings (SSSR count). The highest BCUT2D eigenvalue weighted by molar-refractivity contribution is 5.96. The number of hydrogen-bond donors (Lipinski definition) is 4. The van der Waals surface area contributed by atoms with Crippen LogP contribution in [-0.2, 0) is 4.74 Å². The second-order valence-electron chi connectivity index (χ2n) is 5.97. The molecule has 0 bridgehead atoms. The standard InChI is InChI=1S/C16H21N7O2/c1-9-2-4-10(5-3-9)19-15-13(14(18)24)22-23-16(21-15)20-12-6-7-25-8-11(12)17/h2-5,11-12H,6-8,17H2,1H3,(H2,18,24)(H2,19,20,21,23)/t11-,12+/m0/s1. The average Bonchev–Trinajstić information content (AvgIpc) is 2.59. The summed E-state index contributed by atoms with van der Waals surface area (Å²) in [5.74, 6) is -0.180. The largest absolute Gasteiger partial charge is 0.380 e. The first kappa shape index (κ1) is 17.1. The van der Waals surface area contributed by atoms with Crippen molar-refractivity contribution in [3.05, 3.63) is 35.5 Å². The Morgan fingerprint density at radius 3 is 2.72 bits per heavy atom. The van der Waals surface area contributed by atoms with Crippen LogP contribution < -0.4 is 22.1 Å². The lowest BCUT2D eigenvalue weighted by molar-refractivity contribution is 0.0751. The molecule has 1 aliphatic rings. The molecule has 25 heavy (non-hydrogen) atoms. The van der Waals surface area contributed by atoms with Gasteiger partial charge in [0.25, 0.3) is 5.91 Å². The average molecular weight is 343 g/mol. The van der Waals surface area contributed by atoms with Gasteiger partial charge in [-0.2, -0.15) is 4.98 Å². The zero-order valence-electron chi connectivity index (χ0n) is 13.9. The Bertz CT molecular complexity index is 751. The molecule has 1 aromatic carbocycles. The van der Waals surface area contributed by atoms with Crippen LogP contribution in [0.2, 0.25) is 0 Å². The van der Waals surface area contributed by atoms with Crippen LogP contribution in [0, 0.1) is 6.92 Å². The van der Waals surface area contributed by atoms with Crippen LogP contribution in [0.4, 0.5) is 17.5 Å². The van der Waals surface area contributed by atoms with E-state index in [1.165, 1.54) is 0 Å². The van der Waals surface area contributed by atoms with Crippen LogP contribution in [-0.4, -0.2) is 46.4 Å². The topological polar surface area (TPSA) is 141 Å². The minimum atomic E-state index is -0.705. The van der Waals surface area contributed by atoms with E-state index in [-0.39, 0.29) is 29.5 Å². The summed E-state index contributed by atoms with van der Waals surface area (Å²) in [5, 5.41) is 14.0. The number of amides is 1. The van der Waals surface area contributed by atoms with Crippen molar-refractivity contribution in [1.82, 2.24) is 15.2 Å². The van der Waals surface area contributed by atoms with Crippen molar-refractivity contribution in [2.24, 2.45) is 11.5 Å². The van der Waals surface area contributed by atoms with Gasteiger partial charge in [0.05, 0.1) is 6.61 Å². The van der Waals surface area contributed by atoms with Gasteiger partial charge in [0.1, 0.15) is 0 Å². The van der Waals surface area contributed by atoms with Crippen molar-refractivity contribution in [2.45, 2.75) is 25.4 Å². The number of benzene rings is 1. The number of primary amides is 1. The van der Waals surface area contributed by atoms with Crippen molar-refractivity contribution in [3.63, 3.8) is 0 Å². The smallest absolute Gasteiger partial charge is 0.273 e. The number of aryl methyl sites for hydroxylation is 1. The summed E-state index contributed by atoms with van der Waals surface area (Å²) in [4.78, 5) is 15.9. The summed E-state index contributed by atoms with van der Waals surface area (Å²) in [5.41, 5.74) is 13.3. The number of carbonyl (C=O) groups excluding carboxylic acids is 1. The van der Waals surface area contributed by atoms with Crippen LogP contribution in [0.3, 0.4) is 0 Å². The second-order valence-corrected chi connectivity index (χ2v) is 5.97.